The molecule has 6 nitrogen and oxygen atoms in total. The van der Waals surface area contributed by atoms with Crippen molar-refractivity contribution in [2.75, 3.05) is 13.1 Å². The van der Waals surface area contributed by atoms with Crippen molar-refractivity contribution in [3.63, 3.8) is 0 Å². The number of urea groups is 1. The number of primary amides is 1. The lowest BCUT2D eigenvalue weighted by molar-refractivity contribution is -0.120. The molecule has 1 rings (SSSR count). The van der Waals surface area contributed by atoms with E-state index in [0.29, 0.717) is 19.5 Å². The molecule has 0 aromatic heterocycles. The highest BCUT2D eigenvalue weighted by atomic mass is 35.5. The molecule has 3 N–H and O–H groups in total. The van der Waals surface area contributed by atoms with Gasteiger partial charge >= 0.3 is 6.03 Å². The van der Waals surface area contributed by atoms with Gasteiger partial charge in [-0.15, -0.1) is 11.6 Å². The molecule has 4 amide bonds. The topological polar surface area (TPSA) is 92.5 Å². The monoisotopic (exact) mass is 275 g/mol. The van der Waals surface area contributed by atoms with Crippen LogP contribution in [0.2, 0.25) is 0 Å². The van der Waals surface area contributed by atoms with Gasteiger partial charge in [-0.1, -0.05) is 0 Å². The van der Waals surface area contributed by atoms with E-state index in [-0.39, 0.29) is 11.8 Å². The van der Waals surface area contributed by atoms with E-state index in [9.17, 15) is 14.4 Å². The number of nitrogens with one attached hydrogen (secondary N) is 1. The van der Waals surface area contributed by atoms with Gasteiger partial charge in [-0.3, -0.25) is 14.9 Å². The van der Waals surface area contributed by atoms with Gasteiger partial charge in [0.05, 0.1) is 0 Å². The van der Waals surface area contributed by atoms with Crippen molar-refractivity contribution in [1.29, 1.82) is 0 Å². The summed E-state index contributed by atoms with van der Waals surface area (Å²) >= 11 is 5.56. The number of carbonyl (C=O) groups is 3. The summed E-state index contributed by atoms with van der Waals surface area (Å²) in [6, 6.07) is -0.426. The van der Waals surface area contributed by atoms with Crippen LogP contribution >= 0.6 is 11.6 Å². The van der Waals surface area contributed by atoms with Crippen molar-refractivity contribution in [2.45, 2.75) is 31.6 Å². The molecule has 1 aliphatic rings. The minimum Gasteiger partial charge on any atom is -0.370 e. The second kappa shape index (κ2) is 6.58. The highest BCUT2D eigenvalue weighted by Crippen LogP contribution is 2.20. The Bertz CT molecular complexity index is 338. The number of piperidine rings is 1. The standard InChI is InChI=1S/C11H18ClN3O3/c1-7(12)10(17)14-11(18)15-4-2-8(3-5-15)6-9(13)16/h7-8H,2-6H2,1H3,(H2,13,16)(H,14,17,18). The molecule has 1 aliphatic heterocycles. The number of likely N-dealkylation sites (tertiary alicyclic amines) is 1. The van der Waals surface area contributed by atoms with E-state index in [1.54, 1.807) is 4.90 Å². The Morgan fingerprint density at radius 2 is 1.94 bits per heavy atom. The van der Waals surface area contributed by atoms with Gasteiger partial charge in [0.25, 0.3) is 0 Å². The van der Waals surface area contributed by atoms with Gasteiger partial charge in [0.1, 0.15) is 5.38 Å². The fourth-order valence-corrected chi connectivity index (χ4v) is 1.96. The van der Waals surface area contributed by atoms with E-state index in [4.69, 9.17) is 17.3 Å². The summed E-state index contributed by atoms with van der Waals surface area (Å²) in [5, 5.41) is 1.49. The predicted molar refractivity (Wildman–Crippen MR) is 67.0 cm³/mol. The molecule has 0 radical (unpaired) electrons. The number of hydrogen-bond donors (Lipinski definition) is 2. The molecule has 1 atom stereocenters. The zero-order valence-electron chi connectivity index (χ0n) is 10.3. The van der Waals surface area contributed by atoms with Crippen LogP contribution in [0.3, 0.4) is 0 Å². The highest BCUT2D eigenvalue weighted by Gasteiger charge is 2.25. The molecule has 1 fully saturated rings. The third kappa shape index (κ3) is 4.52. The van der Waals surface area contributed by atoms with Crippen LogP contribution in [-0.2, 0) is 9.59 Å². The maximum atomic E-state index is 11.7. The average molecular weight is 276 g/mol. The number of amides is 4. The smallest absolute Gasteiger partial charge is 0.324 e. The zero-order chi connectivity index (χ0) is 13.7. The molecule has 0 saturated carbocycles. The van der Waals surface area contributed by atoms with Crippen molar-refractivity contribution in [1.82, 2.24) is 10.2 Å². The van der Waals surface area contributed by atoms with Crippen molar-refractivity contribution in [3.05, 3.63) is 0 Å². The number of rotatable bonds is 3. The number of nitrogens with two attached hydrogens (primary N) is 1. The first kappa shape index (κ1) is 14.8. The molecule has 0 spiro atoms. The van der Waals surface area contributed by atoms with Crippen molar-refractivity contribution >= 4 is 29.4 Å². The number of carbonyl (C=O) groups excluding carboxylic acids is 3. The minimum atomic E-state index is -0.735. The van der Waals surface area contributed by atoms with Crippen LogP contribution in [0.15, 0.2) is 0 Å². The van der Waals surface area contributed by atoms with Crippen molar-refractivity contribution in [2.24, 2.45) is 11.7 Å². The predicted octanol–water partition coefficient (Wildman–Crippen LogP) is 0.437. The van der Waals surface area contributed by atoms with Gasteiger partial charge in [-0.25, -0.2) is 4.79 Å². The van der Waals surface area contributed by atoms with Crippen molar-refractivity contribution < 1.29 is 14.4 Å². The zero-order valence-corrected chi connectivity index (χ0v) is 11.1. The largest absolute Gasteiger partial charge is 0.370 e. The Balaban J connectivity index is 2.36. The molecule has 7 heteroatoms. The fourth-order valence-electron chi connectivity index (χ4n) is 1.91. The van der Waals surface area contributed by atoms with Crippen LogP contribution in [0, 0.1) is 5.92 Å². The first-order chi connectivity index (χ1) is 8.40. The maximum Gasteiger partial charge on any atom is 0.324 e. The summed E-state index contributed by atoms with van der Waals surface area (Å²) in [4.78, 5) is 35.3. The van der Waals surface area contributed by atoms with Crippen LogP contribution in [0.4, 0.5) is 4.79 Å². The molecule has 0 aromatic rings. The van der Waals surface area contributed by atoms with Crippen LogP contribution < -0.4 is 11.1 Å². The normalized spacial score (nSPS) is 18.2. The quantitative estimate of drug-likeness (QED) is 0.732. The van der Waals surface area contributed by atoms with Gasteiger partial charge in [-0.05, 0) is 25.7 Å². The van der Waals surface area contributed by atoms with Crippen LogP contribution in [0.1, 0.15) is 26.2 Å². The summed E-state index contributed by atoms with van der Waals surface area (Å²) in [5.41, 5.74) is 5.13. The lowest BCUT2D eigenvalue weighted by Gasteiger charge is -2.31. The molecule has 1 unspecified atom stereocenters. The average Bonchev–Trinajstić information content (AvgIpc) is 2.28. The van der Waals surface area contributed by atoms with E-state index in [1.807, 2.05) is 0 Å². The lowest BCUT2D eigenvalue weighted by Crippen LogP contribution is -2.48. The summed E-state index contributed by atoms with van der Waals surface area (Å²) in [7, 11) is 0. The molecule has 1 saturated heterocycles. The third-order valence-electron chi connectivity index (χ3n) is 2.98. The van der Waals surface area contributed by atoms with E-state index < -0.39 is 17.3 Å². The minimum absolute atomic E-state index is 0.231. The summed E-state index contributed by atoms with van der Waals surface area (Å²) in [6.45, 7) is 2.55. The molecule has 0 aromatic carbocycles. The highest BCUT2D eigenvalue weighted by molar-refractivity contribution is 6.31. The molecule has 18 heavy (non-hydrogen) atoms. The Morgan fingerprint density at radius 3 is 2.39 bits per heavy atom. The second-order valence-corrected chi connectivity index (χ2v) is 5.17. The number of nitrogens with zero attached hydrogens (tertiary/aromatic N) is 1. The van der Waals surface area contributed by atoms with E-state index in [0.717, 1.165) is 12.8 Å². The van der Waals surface area contributed by atoms with E-state index in [1.165, 1.54) is 6.92 Å². The molecule has 0 aliphatic carbocycles. The Hall–Kier alpha value is -1.30. The molecular weight excluding hydrogens is 258 g/mol. The van der Waals surface area contributed by atoms with Gasteiger partial charge in [0, 0.05) is 19.5 Å². The van der Waals surface area contributed by atoms with Gasteiger partial charge in [0.2, 0.25) is 11.8 Å². The van der Waals surface area contributed by atoms with Gasteiger partial charge < -0.3 is 10.6 Å². The molecular formula is C11H18ClN3O3. The summed E-state index contributed by atoms with van der Waals surface area (Å²) < 4.78 is 0. The van der Waals surface area contributed by atoms with Crippen LogP contribution in [0.25, 0.3) is 0 Å². The molecule has 0 bridgehead atoms. The Kier molecular flexibility index (Phi) is 5.40. The number of halogens is 1. The van der Waals surface area contributed by atoms with E-state index >= 15 is 0 Å². The Labute approximate surface area is 111 Å². The number of imide groups is 1. The first-order valence-corrected chi connectivity index (χ1v) is 6.36. The Morgan fingerprint density at radius 1 is 1.39 bits per heavy atom. The fraction of sp³-hybridized carbons (Fsp3) is 0.727. The SMILES string of the molecule is CC(Cl)C(=O)NC(=O)N1CCC(CC(N)=O)CC1. The second-order valence-electron chi connectivity index (χ2n) is 4.51. The van der Waals surface area contributed by atoms with Gasteiger partial charge in [-0.2, -0.15) is 0 Å². The van der Waals surface area contributed by atoms with Crippen LogP contribution in [0.5, 0.6) is 0 Å². The first-order valence-electron chi connectivity index (χ1n) is 5.92. The molecule has 1 heterocycles. The summed E-state index contributed by atoms with van der Waals surface area (Å²) in [6.07, 6.45) is 1.80. The molecule has 102 valence electrons. The van der Waals surface area contributed by atoms with E-state index in [2.05, 4.69) is 5.32 Å². The lowest BCUT2D eigenvalue weighted by atomic mass is 9.93. The maximum absolute atomic E-state index is 11.7. The van der Waals surface area contributed by atoms with Gasteiger partial charge in [0.15, 0.2) is 0 Å². The van der Waals surface area contributed by atoms with Crippen molar-refractivity contribution in [3.8, 4) is 0 Å². The van der Waals surface area contributed by atoms with Crippen LogP contribution in [-0.4, -0.2) is 41.2 Å². The third-order valence-corrected chi connectivity index (χ3v) is 3.18. The summed E-state index contributed by atoms with van der Waals surface area (Å²) in [5.74, 6) is -0.584. The number of hydrogen-bond acceptors (Lipinski definition) is 3. The number of alkyl halides is 1.